The molecule has 0 aliphatic carbocycles. The number of carbonyl (C=O) groups excluding carboxylic acids is 1. The molecule has 3 rings (SSSR count). The van der Waals surface area contributed by atoms with Crippen LogP contribution in [0, 0.1) is 5.82 Å². The van der Waals surface area contributed by atoms with Gasteiger partial charge in [0.2, 0.25) is 0 Å². The zero-order chi connectivity index (χ0) is 19.6. The highest BCUT2D eigenvalue weighted by Gasteiger charge is 2.34. The molecule has 0 spiro atoms. The molecule has 2 aromatic carbocycles. The van der Waals surface area contributed by atoms with E-state index in [1.54, 1.807) is 24.3 Å². The number of ether oxygens (including phenoxy) is 1. The van der Waals surface area contributed by atoms with Gasteiger partial charge in [-0.3, -0.25) is 4.79 Å². The third-order valence-electron chi connectivity index (χ3n) is 4.47. The van der Waals surface area contributed by atoms with Crippen molar-refractivity contribution >= 4 is 18.3 Å². The first-order chi connectivity index (χ1) is 12.8. The summed E-state index contributed by atoms with van der Waals surface area (Å²) in [7, 11) is 1.50. The summed E-state index contributed by atoms with van der Waals surface area (Å²) >= 11 is 0. The smallest absolute Gasteiger partial charge is 0.416 e. The summed E-state index contributed by atoms with van der Waals surface area (Å²) in [6.45, 7) is 1.17. The maximum atomic E-state index is 13.7. The number of nitrogens with one attached hydrogen (secondary N) is 1. The average molecular weight is 419 g/mol. The van der Waals surface area contributed by atoms with Crippen LogP contribution in [-0.4, -0.2) is 37.6 Å². The van der Waals surface area contributed by atoms with Crippen molar-refractivity contribution in [1.82, 2.24) is 10.2 Å². The van der Waals surface area contributed by atoms with E-state index in [2.05, 4.69) is 5.32 Å². The second-order valence-corrected chi connectivity index (χ2v) is 6.19. The summed E-state index contributed by atoms with van der Waals surface area (Å²) < 4.78 is 58.0. The molecule has 0 saturated carbocycles. The van der Waals surface area contributed by atoms with Crippen LogP contribution in [0.2, 0.25) is 0 Å². The molecular weight excluding hydrogens is 400 g/mol. The van der Waals surface area contributed by atoms with Crippen LogP contribution in [0.4, 0.5) is 17.6 Å². The predicted octanol–water partition coefficient (Wildman–Crippen LogP) is 4.06. The first-order valence-electron chi connectivity index (χ1n) is 8.33. The normalized spacial score (nSPS) is 17.0. The molecule has 1 fully saturated rings. The molecule has 1 N–H and O–H groups in total. The van der Waals surface area contributed by atoms with Crippen molar-refractivity contribution in [3.8, 4) is 5.75 Å². The summed E-state index contributed by atoms with van der Waals surface area (Å²) in [6, 6.07) is 8.57. The minimum Gasteiger partial charge on any atom is -0.496 e. The maximum absolute atomic E-state index is 13.7. The zero-order valence-electron chi connectivity index (χ0n) is 14.9. The molecule has 1 aliphatic rings. The van der Waals surface area contributed by atoms with Gasteiger partial charge in [0.15, 0.2) is 0 Å². The second kappa shape index (κ2) is 8.79. The van der Waals surface area contributed by atoms with E-state index < -0.39 is 29.5 Å². The quantitative estimate of drug-likeness (QED) is 0.764. The van der Waals surface area contributed by atoms with E-state index in [1.165, 1.54) is 12.0 Å². The van der Waals surface area contributed by atoms with Gasteiger partial charge in [0.1, 0.15) is 11.6 Å². The Balaban J connectivity index is 0.00000280. The number of halogens is 5. The number of methoxy groups -OCH3 is 1. The van der Waals surface area contributed by atoms with E-state index in [4.69, 9.17) is 4.74 Å². The Morgan fingerprint density at radius 2 is 1.93 bits per heavy atom. The van der Waals surface area contributed by atoms with Crippen LogP contribution >= 0.6 is 12.4 Å². The number of benzene rings is 2. The average Bonchev–Trinajstić information content (AvgIpc) is 2.66. The summed E-state index contributed by atoms with van der Waals surface area (Å²) in [5.41, 5.74) is -0.785. The molecule has 2 aromatic rings. The number of carbonyl (C=O) groups is 1. The van der Waals surface area contributed by atoms with Crippen LogP contribution in [0.1, 0.15) is 27.5 Å². The summed E-state index contributed by atoms with van der Waals surface area (Å²) in [5.74, 6) is -1.19. The van der Waals surface area contributed by atoms with E-state index in [0.29, 0.717) is 31.0 Å². The van der Waals surface area contributed by atoms with Gasteiger partial charge in [-0.1, -0.05) is 18.2 Å². The third kappa shape index (κ3) is 4.56. The van der Waals surface area contributed by atoms with Crippen molar-refractivity contribution in [2.24, 2.45) is 0 Å². The monoisotopic (exact) mass is 418 g/mol. The maximum Gasteiger partial charge on any atom is 0.416 e. The Labute approximate surface area is 165 Å². The second-order valence-electron chi connectivity index (χ2n) is 6.19. The molecule has 0 aromatic heterocycles. The van der Waals surface area contributed by atoms with Crippen molar-refractivity contribution in [1.29, 1.82) is 0 Å². The molecule has 1 atom stereocenters. The van der Waals surface area contributed by atoms with Gasteiger partial charge in [0.05, 0.1) is 18.7 Å². The van der Waals surface area contributed by atoms with Gasteiger partial charge >= 0.3 is 6.18 Å². The molecule has 4 nitrogen and oxygen atoms in total. The number of amides is 1. The van der Waals surface area contributed by atoms with Crippen molar-refractivity contribution in [2.45, 2.75) is 12.2 Å². The Morgan fingerprint density at radius 3 is 2.61 bits per heavy atom. The lowest BCUT2D eigenvalue weighted by atomic mass is 10.00. The van der Waals surface area contributed by atoms with Gasteiger partial charge in [-0.05, 0) is 24.3 Å². The van der Waals surface area contributed by atoms with Gasteiger partial charge in [-0.2, -0.15) is 13.2 Å². The number of rotatable bonds is 3. The summed E-state index contributed by atoms with van der Waals surface area (Å²) in [5, 5.41) is 3.16. The molecule has 1 aliphatic heterocycles. The van der Waals surface area contributed by atoms with Gasteiger partial charge < -0.3 is 15.0 Å². The fraction of sp³-hybridized carbons (Fsp3) is 0.316. The molecule has 1 saturated heterocycles. The lowest BCUT2D eigenvalue weighted by Crippen LogP contribution is -2.48. The van der Waals surface area contributed by atoms with E-state index in [1.807, 2.05) is 0 Å². The Morgan fingerprint density at radius 1 is 1.21 bits per heavy atom. The zero-order valence-corrected chi connectivity index (χ0v) is 15.7. The van der Waals surface area contributed by atoms with Gasteiger partial charge in [0.25, 0.3) is 5.91 Å². The van der Waals surface area contributed by atoms with Crippen LogP contribution in [0.25, 0.3) is 0 Å². The predicted molar refractivity (Wildman–Crippen MR) is 98.3 cm³/mol. The van der Waals surface area contributed by atoms with Crippen LogP contribution in [0.15, 0.2) is 42.5 Å². The number of alkyl halides is 3. The molecule has 152 valence electrons. The topological polar surface area (TPSA) is 41.6 Å². The van der Waals surface area contributed by atoms with Crippen molar-refractivity contribution in [3.05, 3.63) is 65.0 Å². The van der Waals surface area contributed by atoms with Crippen LogP contribution in [0.3, 0.4) is 0 Å². The minimum absolute atomic E-state index is 0. The van der Waals surface area contributed by atoms with Crippen molar-refractivity contribution in [2.75, 3.05) is 26.7 Å². The van der Waals surface area contributed by atoms with Crippen LogP contribution < -0.4 is 10.1 Å². The molecule has 0 radical (unpaired) electrons. The Bertz CT molecular complexity index is 845. The highest BCUT2D eigenvalue weighted by Crippen LogP contribution is 2.33. The lowest BCUT2D eigenvalue weighted by molar-refractivity contribution is -0.137. The van der Waals surface area contributed by atoms with E-state index in [-0.39, 0.29) is 24.5 Å². The van der Waals surface area contributed by atoms with E-state index in [9.17, 15) is 22.4 Å². The fourth-order valence-electron chi connectivity index (χ4n) is 3.21. The number of para-hydroxylation sites is 1. The number of hydrogen-bond donors (Lipinski definition) is 1. The number of piperazine rings is 1. The first-order valence-corrected chi connectivity index (χ1v) is 8.33. The first kappa shape index (κ1) is 22.0. The molecular formula is C19H19ClF4N2O2. The van der Waals surface area contributed by atoms with Gasteiger partial charge in [-0.15, -0.1) is 12.4 Å². The molecule has 1 amide bonds. The van der Waals surface area contributed by atoms with Crippen LogP contribution in [-0.2, 0) is 6.18 Å². The molecule has 9 heteroatoms. The molecule has 1 heterocycles. The summed E-state index contributed by atoms with van der Waals surface area (Å²) in [6.07, 6.45) is -4.73. The van der Waals surface area contributed by atoms with E-state index in [0.717, 1.165) is 11.6 Å². The Kier molecular flexibility index (Phi) is 6.90. The Hall–Kier alpha value is -2.32. The van der Waals surface area contributed by atoms with Gasteiger partial charge in [-0.25, -0.2) is 4.39 Å². The highest BCUT2D eigenvalue weighted by atomic mass is 35.5. The highest BCUT2D eigenvalue weighted by molar-refractivity contribution is 5.95. The van der Waals surface area contributed by atoms with Gasteiger partial charge in [0, 0.05) is 30.8 Å². The molecule has 1 unspecified atom stereocenters. The minimum atomic E-state index is -4.73. The standard InChI is InChI=1S/C19H18F4N2O2.ClH/c1-27-17-5-3-2-4-15(17)16-11-24-6-7-25(16)18(26)12-8-13(19(21,22)23)10-14(20)9-12;/h2-5,8-10,16,24H,6-7,11H2,1H3;1H. The lowest BCUT2D eigenvalue weighted by Gasteiger charge is -2.37. The van der Waals surface area contributed by atoms with Crippen molar-refractivity contribution < 1.29 is 27.1 Å². The molecule has 28 heavy (non-hydrogen) atoms. The summed E-state index contributed by atoms with van der Waals surface area (Å²) in [4.78, 5) is 14.4. The van der Waals surface area contributed by atoms with E-state index >= 15 is 0 Å². The number of hydrogen-bond acceptors (Lipinski definition) is 3. The third-order valence-corrected chi connectivity index (χ3v) is 4.47. The number of nitrogens with zero attached hydrogens (tertiary/aromatic N) is 1. The van der Waals surface area contributed by atoms with Crippen LogP contribution in [0.5, 0.6) is 5.75 Å². The largest absolute Gasteiger partial charge is 0.496 e. The fourth-order valence-corrected chi connectivity index (χ4v) is 3.21. The SMILES string of the molecule is COc1ccccc1C1CNCCN1C(=O)c1cc(F)cc(C(F)(F)F)c1.Cl. The van der Waals surface area contributed by atoms with Crippen molar-refractivity contribution in [3.63, 3.8) is 0 Å². The molecule has 0 bridgehead atoms.